The predicted octanol–water partition coefficient (Wildman–Crippen LogP) is -0.291. The van der Waals surface area contributed by atoms with Crippen molar-refractivity contribution in [1.82, 2.24) is 9.80 Å². The summed E-state index contributed by atoms with van der Waals surface area (Å²) in [6.07, 6.45) is 0.0468. The maximum absolute atomic E-state index is 11.8. The summed E-state index contributed by atoms with van der Waals surface area (Å²) >= 11 is 0. The molecule has 0 saturated carbocycles. The monoisotopic (exact) mass is 241 g/mol. The number of ether oxygens (including phenoxy) is 1. The van der Waals surface area contributed by atoms with E-state index in [1.54, 1.807) is 0 Å². The summed E-state index contributed by atoms with van der Waals surface area (Å²) in [4.78, 5) is 36.9. The molecule has 0 aliphatic carbocycles. The van der Waals surface area contributed by atoms with Crippen LogP contribution >= 0.6 is 0 Å². The number of carbonyl (C=O) groups excluding carboxylic acids is 3. The third-order valence-corrected chi connectivity index (χ3v) is 2.66. The van der Waals surface area contributed by atoms with Gasteiger partial charge in [-0.1, -0.05) is 0 Å². The Morgan fingerprint density at radius 3 is 2.47 bits per heavy atom. The van der Waals surface area contributed by atoms with Gasteiger partial charge in [0.05, 0.1) is 6.61 Å². The molecule has 0 bridgehead atoms. The van der Waals surface area contributed by atoms with E-state index >= 15 is 0 Å². The summed E-state index contributed by atoms with van der Waals surface area (Å²) in [7, 11) is 4.11. The molecule has 1 aliphatic rings. The van der Waals surface area contributed by atoms with E-state index in [0.717, 1.165) is 9.80 Å². The molecule has 94 valence electrons. The van der Waals surface area contributed by atoms with Gasteiger partial charge >= 0.3 is 6.03 Å². The van der Waals surface area contributed by atoms with Crippen LogP contribution in [0.15, 0.2) is 0 Å². The van der Waals surface area contributed by atoms with Crippen molar-refractivity contribution in [2.75, 3.05) is 27.8 Å². The molecule has 3 amide bonds. The molecule has 0 aromatic carbocycles. The summed E-state index contributed by atoms with van der Waals surface area (Å²) in [6, 6.07) is -0.601. The van der Waals surface area contributed by atoms with Crippen LogP contribution in [0.3, 0.4) is 0 Å². The van der Waals surface area contributed by atoms with E-state index in [4.69, 9.17) is 10.1 Å². The Balaban J connectivity index is 2.90. The van der Waals surface area contributed by atoms with Crippen molar-refractivity contribution in [2.24, 2.45) is 5.92 Å². The van der Waals surface area contributed by atoms with E-state index in [0.29, 0.717) is 0 Å². The molecule has 0 aromatic heterocycles. The molecule has 7 nitrogen and oxygen atoms in total. The van der Waals surface area contributed by atoms with Crippen LogP contribution in [0.25, 0.3) is 0 Å². The number of carbonyl (C=O) groups is 3. The van der Waals surface area contributed by atoms with Gasteiger partial charge in [-0.3, -0.25) is 24.8 Å². The number of amides is 3. The number of amidine groups is 1. The van der Waals surface area contributed by atoms with Crippen LogP contribution in [0, 0.1) is 11.3 Å². The minimum atomic E-state index is -1.20. The van der Waals surface area contributed by atoms with Gasteiger partial charge in [0.15, 0.2) is 11.7 Å². The first-order chi connectivity index (χ1) is 7.91. The Bertz CT molecular complexity index is 356. The van der Waals surface area contributed by atoms with E-state index < -0.39 is 23.6 Å². The highest BCUT2D eigenvalue weighted by Crippen LogP contribution is 2.17. The molecule has 1 aliphatic heterocycles. The fraction of sp³-hybridized carbons (Fsp3) is 0.600. The minimum absolute atomic E-state index is 0.0468. The number of nitrogens with zero attached hydrogens (tertiary/aromatic N) is 2. The molecule has 0 radical (unpaired) electrons. The third kappa shape index (κ3) is 2.33. The molecule has 1 unspecified atom stereocenters. The number of methoxy groups -OCH3 is 1. The standard InChI is InChI=1S/C10H15N3O4/c1-12-8(11)7(6(14)4-5-17-3)9(15)13(2)10(12)16/h7,11H,4-5H2,1-3H3. The molecule has 1 rings (SSSR count). The lowest BCUT2D eigenvalue weighted by molar-refractivity contribution is -0.137. The Morgan fingerprint density at radius 2 is 1.94 bits per heavy atom. The number of ketones is 1. The summed E-state index contributed by atoms with van der Waals surface area (Å²) in [5.74, 6) is -2.54. The number of hydrogen-bond donors (Lipinski definition) is 1. The zero-order valence-electron chi connectivity index (χ0n) is 10.0. The molecule has 0 spiro atoms. The highest BCUT2D eigenvalue weighted by molar-refractivity contribution is 6.26. The third-order valence-electron chi connectivity index (χ3n) is 2.66. The average Bonchev–Trinajstić information content (AvgIpc) is 2.31. The molecule has 1 heterocycles. The van der Waals surface area contributed by atoms with Gasteiger partial charge in [0.2, 0.25) is 5.91 Å². The zero-order chi connectivity index (χ0) is 13.2. The first-order valence-electron chi connectivity index (χ1n) is 5.07. The van der Waals surface area contributed by atoms with E-state index in [1.165, 1.54) is 21.2 Å². The molecule has 1 fully saturated rings. The SMILES string of the molecule is COCCC(=O)C1C(=N)N(C)C(=O)N(C)C1=O. The van der Waals surface area contributed by atoms with E-state index in [1.807, 2.05) is 0 Å². The summed E-state index contributed by atoms with van der Waals surface area (Å²) in [5, 5.41) is 7.66. The Hall–Kier alpha value is -1.76. The van der Waals surface area contributed by atoms with E-state index in [-0.39, 0.29) is 18.9 Å². The zero-order valence-corrected chi connectivity index (χ0v) is 10.0. The lowest BCUT2D eigenvalue weighted by atomic mass is 9.96. The Labute approximate surface area is 98.8 Å². The molecular formula is C10H15N3O4. The number of urea groups is 1. The van der Waals surface area contributed by atoms with Crippen molar-refractivity contribution in [3.05, 3.63) is 0 Å². The van der Waals surface area contributed by atoms with Crippen LogP contribution < -0.4 is 0 Å². The van der Waals surface area contributed by atoms with Gasteiger partial charge in [-0.25, -0.2) is 4.79 Å². The van der Waals surface area contributed by atoms with E-state index in [2.05, 4.69) is 0 Å². The Morgan fingerprint density at radius 1 is 1.35 bits per heavy atom. The van der Waals surface area contributed by atoms with Crippen molar-refractivity contribution < 1.29 is 19.1 Å². The molecule has 0 aromatic rings. The second kappa shape index (κ2) is 5.05. The van der Waals surface area contributed by atoms with Crippen LogP contribution in [-0.4, -0.2) is 61.2 Å². The molecule has 17 heavy (non-hydrogen) atoms. The predicted molar refractivity (Wildman–Crippen MR) is 58.6 cm³/mol. The fourth-order valence-electron chi connectivity index (χ4n) is 1.56. The first-order valence-corrected chi connectivity index (χ1v) is 5.07. The number of nitrogens with one attached hydrogen (secondary N) is 1. The normalized spacial score (nSPS) is 21.1. The lowest BCUT2D eigenvalue weighted by Gasteiger charge is -2.34. The van der Waals surface area contributed by atoms with Gasteiger partial charge < -0.3 is 4.74 Å². The first kappa shape index (κ1) is 13.3. The molecule has 1 atom stereocenters. The van der Waals surface area contributed by atoms with Gasteiger partial charge in [-0.05, 0) is 0 Å². The molecule has 7 heteroatoms. The highest BCUT2D eigenvalue weighted by Gasteiger charge is 2.43. The number of imide groups is 1. The molecular weight excluding hydrogens is 226 g/mol. The van der Waals surface area contributed by atoms with E-state index in [9.17, 15) is 14.4 Å². The van der Waals surface area contributed by atoms with Gasteiger partial charge in [0.25, 0.3) is 0 Å². The minimum Gasteiger partial charge on any atom is -0.384 e. The fourth-order valence-corrected chi connectivity index (χ4v) is 1.56. The van der Waals surface area contributed by atoms with Gasteiger partial charge in [0, 0.05) is 27.6 Å². The van der Waals surface area contributed by atoms with Crippen LogP contribution in [0.5, 0.6) is 0 Å². The molecule has 1 saturated heterocycles. The van der Waals surface area contributed by atoms with Crippen LogP contribution in [0.2, 0.25) is 0 Å². The maximum atomic E-state index is 11.8. The second-order valence-corrected chi connectivity index (χ2v) is 3.77. The lowest BCUT2D eigenvalue weighted by Crippen LogP contribution is -2.58. The molecule has 1 N–H and O–H groups in total. The largest absolute Gasteiger partial charge is 0.384 e. The summed E-state index contributed by atoms with van der Waals surface area (Å²) in [6.45, 7) is 0.192. The Kier molecular flexibility index (Phi) is 3.95. The highest BCUT2D eigenvalue weighted by atomic mass is 16.5. The van der Waals surface area contributed by atoms with Crippen LogP contribution in [0.1, 0.15) is 6.42 Å². The van der Waals surface area contributed by atoms with Gasteiger partial charge in [-0.15, -0.1) is 0 Å². The smallest absolute Gasteiger partial charge is 0.331 e. The van der Waals surface area contributed by atoms with Crippen molar-refractivity contribution in [2.45, 2.75) is 6.42 Å². The van der Waals surface area contributed by atoms with Crippen LogP contribution in [-0.2, 0) is 14.3 Å². The number of Topliss-reactive ketones (excluding diaryl/α,β-unsaturated/α-hetero) is 1. The van der Waals surface area contributed by atoms with Crippen LogP contribution in [0.4, 0.5) is 4.79 Å². The summed E-state index contributed by atoms with van der Waals surface area (Å²) < 4.78 is 4.75. The van der Waals surface area contributed by atoms with Gasteiger partial charge in [-0.2, -0.15) is 0 Å². The summed E-state index contributed by atoms with van der Waals surface area (Å²) in [5.41, 5.74) is 0. The van der Waals surface area contributed by atoms with Crippen molar-refractivity contribution >= 4 is 23.6 Å². The maximum Gasteiger partial charge on any atom is 0.331 e. The average molecular weight is 241 g/mol. The van der Waals surface area contributed by atoms with Gasteiger partial charge in [0.1, 0.15) is 5.84 Å². The topological polar surface area (TPSA) is 90.8 Å². The number of hydrogen-bond acceptors (Lipinski definition) is 5. The van der Waals surface area contributed by atoms with Crippen molar-refractivity contribution in [1.29, 1.82) is 5.41 Å². The van der Waals surface area contributed by atoms with Crippen molar-refractivity contribution in [3.63, 3.8) is 0 Å². The number of rotatable bonds is 4. The quantitative estimate of drug-likeness (QED) is 0.685. The second-order valence-electron chi connectivity index (χ2n) is 3.77. The van der Waals surface area contributed by atoms with Crippen molar-refractivity contribution in [3.8, 4) is 0 Å².